The summed E-state index contributed by atoms with van der Waals surface area (Å²) in [5.41, 5.74) is 0. The van der Waals surface area contributed by atoms with Crippen molar-refractivity contribution in [3.8, 4) is 0 Å². The molecule has 0 aliphatic carbocycles. The number of allylic oxidation sites excluding steroid dienone is 2. The fourth-order valence-corrected chi connectivity index (χ4v) is 1.000. The maximum absolute atomic E-state index is 10.7. The van der Waals surface area contributed by atoms with Gasteiger partial charge in [-0.1, -0.05) is 13.8 Å². The summed E-state index contributed by atoms with van der Waals surface area (Å²) in [5.74, 6) is 0.0466. The van der Waals surface area contributed by atoms with Crippen molar-refractivity contribution in [3.63, 3.8) is 0 Å². The van der Waals surface area contributed by atoms with Gasteiger partial charge in [-0.25, -0.2) is 0 Å². The maximum atomic E-state index is 10.7. The first-order valence-electron chi connectivity index (χ1n) is 4.60. The van der Waals surface area contributed by atoms with Crippen molar-refractivity contribution in [2.75, 3.05) is 0 Å². The molecule has 0 aromatic rings. The molecular weight excluding hydrogens is 184 g/mol. The number of hydrogen-bond acceptors (Lipinski definition) is 4. The summed E-state index contributed by atoms with van der Waals surface area (Å²) in [6.45, 7) is 6.29. The minimum Gasteiger partial charge on any atom is -0.428 e. The van der Waals surface area contributed by atoms with Crippen molar-refractivity contribution in [2.24, 2.45) is 0 Å². The molecule has 0 fully saturated rings. The topological polar surface area (TPSA) is 52.6 Å². The second-order valence-electron chi connectivity index (χ2n) is 2.74. The van der Waals surface area contributed by atoms with Crippen molar-refractivity contribution in [1.29, 1.82) is 0 Å². The first-order valence-corrected chi connectivity index (χ1v) is 4.60. The van der Waals surface area contributed by atoms with Crippen LogP contribution in [0, 0.1) is 0 Å². The van der Waals surface area contributed by atoms with Crippen molar-refractivity contribution < 1.29 is 19.1 Å². The third kappa shape index (κ3) is 4.64. The van der Waals surface area contributed by atoms with Crippen LogP contribution in [0.15, 0.2) is 11.5 Å². The van der Waals surface area contributed by atoms with E-state index in [-0.39, 0.29) is 0 Å². The number of hydrogen-bond donors (Lipinski definition) is 0. The molecule has 0 atom stereocenters. The second kappa shape index (κ2) is 6.18. The zero-order valence-electron chi connectivity index (χ0n) is 9.05. The number of ether oxygens (including phenoxy) is 2. The van der Waals surface area contributed by atoms with Gasteiger partial charge < -0.3 is 9.47 Å². The molecule has 0 aliphatic heterocycles. The molecule has 80 valence electrons. The zero-order valence-corrected chi connectivity index (χ0v) is 9.05. The molecule has 0 aromatic heterocycles. The molecule has 14 heavy (non-hydrogen) atoms. The van der Waals surface area contributed by atoms with Crippen LogP contribution in [-0.2, 0) is 19.1 Å². The third-order valence-electron chi connectivity index (χ3n) is 1.49. The SMILES string of the molecule is CC/C(OC(C)=O)=C(\CC)OC(C)=O. The highest BCUT2D eigenvalue weighted by molar-refractivity contribution is 5.68. The summed E-state index contributed by atoms with van der Waals surface area (Å²) in [4.78, 5) is 21.4. The summed E-state index contributed by atoms with van der Waals surface area (Å²) in [7, 11) is 0. The van der Waals surface area contributed by atoms with Crippen LogP contribution in [-0.4, -0.2) is 11.9 Å². The Bertz CT molecular complexity index is 227. The molecule has 0 bridgehead atoms. The normalized spacial score (nSPS) is 11.7. The third-order valence-corrected chi connectivity index (χ3v) is 1.49. The summed E-state index contributed by atoms with van der Waals surface area (Å²) in [6, 6.07) is 0. The predicted octanol–water partition coefficient (Wildman–Crippen LogP) is 2.14. The molecular formula is C10H16O4. The largest absolute Gasteiger partial charge is 0.428 e. The quantitative estimate of drug-likeness (QED) is 0.515. The van der Waals surface area contributed by atoms with Gasteiger partial charge in [0.15, 0.2) is 0 Å². The number of rotatable bonds is 4. The molecule has 0 amide bonds. The van der Waals surface area contributed by atoms with Crippen LogP contribution in [0.3, 0.4) is 0 Å². The summed E-state index contributed by atoms with van der Waals surface area (Å²) in [6.07, 6.45) is 1.05. The first kappa shape index (κ1) is 12.7. The minimum absolute atomic E-state index is 0.403. The van der Waals surface area contributed by atoms with Gasteiger partial charge in [0.05, 0.1) is 0 Å². The molecule has 4 nitrogen and oxygen atoms in total. The van der Waals surface area contributed by atoms with E-state index in [1.54, 1.807) is 0 Å². The van der Waals surface area contributed by atoms with Crippen molar-refractivity contribution in [2.45, 2.75) is 40.5 Å². The first-order chi connectivity index (χ1) is 6.51. The lowest BCUT2D eigenvalue weighted by Gasteiger charge is -2.10. The van der Waals surface area contributed by atoms with E-state index in [2.05, 4.69) is 0 Å². The highest BCUT2D eigenvalue weighted by Crippen LogP contribution is 2.15. The van der Waals surface area contributed by atoms with Crippen LogP contribution in [0.5, 0.6) is 0 Å². The van der Waals surface area contributed by atoms with Crippen molar-refractivity contribution in [3.05, 3.63) is 11.5 Å². The van der Waals surface area contributed by atoms with Gasteiger partial charge in [-0.15, -0.1) is 0 Å². The van der Waals surface area contributed by atoms with Gasteiger partial charge in [-0.3, -0.25) is 9.59 Å². The van der Waals surface area contributed by atoms with Crippen LogP contribution in [0.4, 0.5) is 0 Å². The highest BCUT2D eigenvalue weighted by Gasteiger charge is 2.10. The van der Waals surface area contributed by atoms with E-state index in [0.717, 1.165) is 0 Å². The Morgan fingerprint density at radius 3 is 1.29 bits per heavy atom. The van der Waals surface area contributed by atoms with E-state index in [1.807, 2.05) is 13.8 Å². The Morgan fingerprint density at radius 1 is 0.857 bits per heavy atom. The van der Waals surface area contributed by atoms with Crippen molar-refractivity contribution >= 4 is 11.9 Å². The van der Waals surface area contributed by atoms with Crippen LogP contribution < -0.4 is 0 Å². The Balaban J connectivity index is 4.71. The molecule has 0 aromatic carbocycles. The van der Waals surface area contributed by atoms with E-state index in [9.17, 15) is 9.59 Å². The minimum atomic E-state index is -0.403. The number of carbonyl (C=O) groups is 2. The van der Waals surface area contributed by atoms with E-state index < -0.39 is 11.9 Å². The maximum Gasteiger partial charge on any atom is 0.307 e. The lowest BCUT2D eigenvalue weighted by Crippen LogP contribution is -2.06. The van der Waals surface area contributed by atoms with Gasteiger partial charge in [0, 0.05) is 26.7 Å². The van der Waals surface area contributed by atoms with E-state index >= 15 is 0 Å². The van der Waals surface area contributed by atoms with Gasteiger partial charge in [0.1, 0.15) is 11.5 Å². The number of esters is 2. The highest BCUT2D eigenvalue weighted by atomic mass is 16.6. The summed E-state index contributed by atoms with van der Waals surface area (Å²) >= 11 is 0. The van der Waals surface area contributed by atoms with Gasteiger partial charge in [-0.05, 0) is 0 Å². The summed E-state index contributed by atoms with van der Waals surface area (Å²) < 4.78 is 9.83. The molecule has 0 unspecified atom stereocenters. The van der Waals surface area contributed by atoms with E-state index in [4.69, 9.17) is 9.47 Å². The van der Waals surface area contributed by atoms with Crippen LogP contribution >= 0.6 is 0 Å². The smallest absolute Gasteiger partial charge is 0.307 e. The fourth-order valence-electron chi connectivity index (χ4n) is 1.000. The van der Waals surface area contributed by atoms with Crippen LogP contribution in [0.1, 0.15) is 40.5 Å². The van der Waals surface area contributed by atoms with Gasteiger partial charge in [-0.2, -0.15) is 0 Å². The van der Waals surface area contributed by atoms with E-state index in [1.165, 1.54) is 13.8 Å². The Hall–Kier alpha value is -1.32. The molecule has 0 spiro atoms. The summed E-state index contributed by atoms with van der Waals surface area (Å²) in [5, 5.41) is 0. The zero-order chi connectivity index (χ0) is 11.1. The second-order valence-corrected chi connectivity index (χ2v) is 2.74. The van der Waals surface area contributed by atoms with Crippen molar-refractivity contribution in [1.82, 2.24) is 0 Å². The van der Waals surface area contributed by atoms with E-state index in [0.29, 0.717) is 24.4 Å². The molecule has 0 radical (unpaired) electrons. The van der Waals surface area contributed by atoms with Gasteiger partial charge >= 0.3 is 11.9 Å². The molecule has 0 saturated heterocycles. The molecule has 0 rings (SSSR count). The standard InChI is InChI=1S/C10H16O4/c1-5-9(13-7(3)11)10(6-2)14-8(4)12/h5-6H2,1-4H3/b10-9-. The van der Waals surface area contributed by atoms with Gasteiger partial charge in [0.2, 0.25) is 0 Å². The molecule has 0 heterocycles. The monoisotopic (exact) mass is 200 g/mol. The molecule has 4 heteroatoms. The predicted molar refractivity (Wildman–Crippen MR) is 51.1 cm³/mol. The molecule has 0 saturated carbocycles. The lowest BCUT2D eigenvalue weighted by atomic mass is 10.3. The average molecular weight is 200 g/mol. The fraction of sp³-hybridized carbons (Fsp3) is 0.600. The lowest BCUT2D eigenvalue weighted by molar-refractivity contribution is -0.141. The van der Waals surface area contributed by atoms with Crippen LogP contribution in [0.2, 0.25) is 0 Å². The number of carbonyl (C=O) groups excluding carboxylic acids is 2. The Morgan fingerprint density at radius 2 is 1.14 bits per heavy atom. The Labute approximate surface area is 83.9 Å². The molecule has 0 N–H and O–H groups in total. The van der Waals surface area contributed by atoms with Gasteiger partial charge in [0.25, 0.3) is 0 Å². The Kier molecular flexibility index (Phi) is 5.60. The molecule has 0 aliphatic rings. The average Bonchev–Trinajstić information content (AvgIpc) is 2.10. The van der Waals surface area contributed by atoms with Crippen LogP contribution in [0.25, 0.3) is 0 Å².